The van der Waals surface area contributed by atoms with Gasteiger partial charge in [0.25, 0.3) is 0 Å². The molecule has 0 unspecified atom stereocenters. The Kier molecular flexibility index (Phi) is 3.54. The van der Waals surface area contributed by atoms with Gasteiger partial charge in [0.05, 0.1) is 6.07 Å². The molecule has 0 heterocycles. The molecule has 3 nitrogen and oxygen atoms in total. The topological polar surface area (TPSA) is 52.9 Å². The van der Waals surface area contributed by atoms with Gasteiger partial charge in [-0.15, -0.1) is 11.8 Å². The van der Waals surface area contributed by atoms with Gasteiger partial charge < -0.3 is 5.32 Å². The molecule has 0 aliphatic heterocycles. The minimum Gasteiger partial charge on any atom is -0.354 e. The first-order valence-electron chi connectivity index (χ1n) is 4.84. The lowest BCUT2D eigenvalue weighted by Crippen LogP contribution is -2.44. The highest BCUT2D eigenvalue weighted by atomic mass is 16.2. The van der Waals surface area contributed by atoms with Crippen LogP contribution in [0.4, 0.5) is 0 Å². The minimum atomic E-state index is -0.723. The minimum absolute atomic E-state index is 0.121. The Hall–Kier alpha value is -1.48. The number of nitriles is 1. The van der Waals surface area contributed by atoms with Crippen molar-refractivity contribution in [3.8, 4) is 17.9 Å². The van der Waals surface area contributed by atoms with E-state index in [0.29, 0.717) is 25.8 Å². The van der Waals surface area contributed by atoms with Crippen molar-refractivity contribution in [2.24, 2.45) is 5.41 Å². The van der Waals surface area contributed by atoms with Crippen LogP contribution in [0.5, 0.6) is 0 Å². The van der Waals surface area contributed by atoms with Gasteiger partial charge in [-0.1, -0.05) is 0 Å². The molecule has 0 aromatic rings. The fourth-order valence-electron chi connectivity index (χ4n) is 1.45. The Labute approximate surface area is 84.5 Å². The highest BCUT2D eigenvalue weighted by Crippen LogP contribution is 2.40. The van der Waals surface area contributed by atoms with Crippen LogP contribution in [-0.4, -0.2) is 12.5 Å². The van der Waals surface area contributed by atoms with Crippen molar-refractivity contribution in [2.75, 3.05) is 6.54 Å². The number of hydrogen-bond acceptors (Lipinski definition) is 2. The molecule has 0 saturated heterocycles. The van der Waals surface area contributed by atoms with Crippen LogP contribution < -0.4 is 5.32 Å². The third-order valence-electron chi connectivity index (χ3n) is 2.57. The molecule has 0 aromatic heterocycles. The van der Waals surface area contributed by atoms with Gasteiger partial charge in [0.15, 0.2) is 0 Å². The lowest BCUT2D eigenvalue weighted by atomic mass is 9.69. The number of rotatable bonds is 3. The van der Waals surface area contributed by atoms with E-state index in [4.69, 9.17) is 5.26 Å². The van der Waals surface area contributed by atoms with Crippen molar-refractivity contribution in [2.45, 2.75) is 32.6 Å². The molecule has 1 N–H and O–H groups in total. The number of amides is 1. The highest BCUT2D eigenvalue weighted by molar-refractivity contribution is 5.86. The zero-order chi connectivity index (χ0) is 10.4. The molecule has 0 spiro atoms. The number of nitrogens with one attached hydrogen (secondary N) is 1. The first-order chi connectivity index (χ1) is 6.75. The summed E-state index contributed by atoms with van der Waals surface area (Å²) in [5, 5.41) is 11.6. The summed E-state index contributed by atoms with van der Waals surface area (Å²) in [6, 6.07) is 2.11. The summed E-state index contributed by atoms with van der Waals surface area (Å²) in [4.78, 5) is 11.6. The maximum atomic E-state index is 11.6. The van der Waals surface area contributed by atoms with Crippen LogP contribution in [0.25, 0.3) is 0 Å². The summed E-state index contributed by atoms with van der Waals surface area (Å²) >= 11 is 0. The van der Waals surface area contributed by atoms with Crippen molar-refractivity contribution < 1.29 is 4.79 Å². The van der Waals surface area contributed by atoms with Crippen LogP contribution in [-0.2, 0) is 4.79 Å². The molecule has 14 heavy (non-hydrogen) atoms. The Morgan fingerprint density at radius 1 is 1.57 bits per heavy atom. The molecule has 1 aliphatic carbocycles. The molecule has 1 amide bonds. The fourth-order valence-corrected chi connectivity index (χ4v) is 1.45. The quantitative estimate of drug-likeness (QED) is 0.537. The Balaban J connectivity index is 2.34. The Morgan fingerprint density at radius 3 is 2.71 bits per heavy atom. The molecular formula is C11H14N2O. The van der Waals surface area contributed by atoms with E-state index in [0.717, 1.165) is 6.42 Å². The van der Waals surface area contributed by atoms with Gasteiger partial charge in [-0.2, -0.15) is 5.26 Å². The van der Waals surface area contributed by atoms with Crippen LogP contribution in [0, 0.1) is 28.6 Å². The van der Waals surface area contributed by atoms with Gasteiger partial charge in [0.1, 0.15) is 5.41 Å². The van der Waals surface area contributed by atoms with Gasteiger partial charge in [-0.3, -0.25) is 4.79 Å². The Bertz CT molecular complexity index is 312. The molecule has 1 fully saturated rings. The lowest BCUT2D eigenvalue weighted by molar-refractivity contribution is -0.131. The maximum absolute atomic E-state index is 11.6. The van der Waals surface area contributed by atoms with E-state index in [-0.39, 0.29) is 5.91 Å². The van der Waals surface area contributed by atoms with Crippen molar-refractivity contribution >= 4 is 5.91 Å². The highest BCUT2D eigenvalue weighted by Gasteiger charge is 2.44. The zero-order valence-corrected chi connectivity index (χ0v) is 8.39. The SMILES string of the molecule is CC#CCCNC(=O)C1(C#N)CCC1. The van der Waals surface area contributed by atoms with E-state index in [1.54, 1.807) is 6.92 Å². The van der Waals surface area contributed by atoms with Gasteiger partial charge in [0.2, 0.25) is 5.91 Å². The summed E-state index contributed by atoms with van der Waals surface area (Å²) in [6.45, 7) is 2.31. The van der Waals surface area contributed by atoms with Crippen molar-refractivity contribution in [1.29, 1.82) is 5.26 Å². The van der Waals surface area contributed by atoms with E-state index in [1.807, 2.05) is 0 Å². The zero-order valence-electron chi connectivity index (χ0n) is 8.39. The van der Waals surface area contributed by atoms with E-state index in [2.05, 4.69) is 23.2 Å². The first kappa shape index (κ1) is 10.6. The average Bonchev–Trinajstić information content (AvgIpc) is 2.12. The molecule has 3 heteroatoms. The van der Waals surface area contributed by atoms with Crippen molar-refractivity contribution in [3.05, 3.63) is 0 Å². The molecule has 0 atom stereocenters. The number of nitrogens with zero attached hydrogens (tertiary/aromatic N) is 1. The monoisotopic (exact) mass is 190 g/mol. The van der Waals surface area contributed by atoms with Gasteiger partial charge in [-0.05, 0) is 26.2 Å². The van der Waals surface area contributed by atoms with Gasteiger partial charge in [0, 0.05) is 13.0 Å². The van der Waals surface area contributed by atoms with Crippen LogP contribution >= 0.6 is 0 Å². The Morgan fingerprint density at radius 2 is 2.29 bits per heavy atom. The molecule has 0 radical (unpaired) electrons. The van der Waals surface area contributed by atoms with E-state index in [9.17, 15) is 4.79 Å². The third-order valence-corrected chi connectivity index (χ3v) is 2.57. The first-order valence-corrected chi connectivity index (χ1v) is 4.84. The van der Waals surface area contributed by atoms with Crippen molar-refractivity contribution in [3.63, 3.8) is 0 Å². The molecule has 1 rings (SSSR count). The average molecular weight is 190 g/mol. The van der Waals surface area contributed by atoms with Crippen LogP contribution in [0.3, 0.4) is 0 Å². The fraction of sp³-hybridized carbons (Fsp3) is 0.636. The van der Waals surface area contributed by atoms with E-state index in [1.165, 1.54) is 0 Å². The molecule has 74 valence electrons. The predicted molar refractivity (Wildman–Crippen MR) is 53.0 cm³/mol. The van der Waals surface area contributed by atoms with E-state index < -0.39 is 5.41 Å². The normalized spacial score (nSPS) is 16.9. The predicted octanol–water partition coefficient (Wildman–Crippen LogP) is 1.21. The summed E-state index contributed by atoms with van der Waals surface area (Å²) < 4.78 is 0. The third kappa shape index (κ3) is 2.06. The van der Waals surface area contributed by atoms with Gasteiger partial charge >= 0.3 is 0 Å². The standard InChI is InChI=1S/C11H14N2O/c1-2-3-4-8-13-10(14)11(9-12)6-5-7-11/h4-8H2,1H3,(H,13,14). The second kappa shape index (κ2) is 4.67. The molecular weight excluding hydrogens is 176 g/mol. The second-order valence-electron chi connectivity index (χ2n) is 3.48. The largest absolute Gasteiger partial charge is 0.354 e. The number of carbonyl (C=O) groups excluding carboxylic acids is 1. The van der Waals surface area contributed by atoms with Crippen LogP contribution in [0.15, 0.2) is 0 Å². The van der Waals surface area contributed by atoms with Crippen molar-refractivity contribution in [1.82, 2.24) is 5.32 Å². The molecule has 0 aromatic carbocycles. The number of carbonyl (C=O) groups is 1. The summed E-state index contributed by atoms with van der Waals surface area (Å²) in [5.74, 6) is 5.50. The smallest absolute Gasteiger partial charge is 0.240 e. The van der Waals surface area contributed by atoms with Crippen LogP contribution in [0.1, 0.15) is 32.6 Å². The summed E-state index contributed by atoms with van der Waals surface area (Å²) in [7, 11) is 0. The summed E-state index contributed by atoms with van der Waals surface area (Å²) in [6.07, 6.45) is 3.04. The molecule has 1 aliphatic rings. The molecule has 0 bridgehead atoms. The summed E-state index contributed by atoms with van der Waals surface area (Å²) in [5.41, 5.74) is -0.723. The lowest BCUT2D eigenvalue weighted by Gasteiger charge is -2.33. The van der Waals surface area contributed by atoms with Gasteiger partial charge in [-0.25, -0.2) is 0 Å². The second-order valence-corrected chi connectivity index (χ2v) is 3.48. The van der Waals surface area contributed by atoms with E-state index >= 15 is 0 Å². The van der Waals surface area contributed by atoms with Crippen LogP contribution in [0.2, 0.25) is 0 Å². The molecule has 1 saturated carbocycles. The number of hydrogen-bond donors (Lipinski definition) is 1. The maximum Gasteiger partial charge on any atom is 0.240 e.